The van der Waals surface area contributed by atoms with Crippen molar-refractivity contribution in [2.24, 2.45) is 0 Å². The second kappa shape index (κ2) is 9.07. The summed E-state index contributed by atoms with van der Waals surface area (Å²) in [6, 6.07) is 29.4. The lowest BCUT2D eigenvalue weighted by Gasteiger charge is -2.13. The van der Waals surface area contributed by atoms with Gasteiger partial charge in [0.2, 0.25) is 0 Å². The van der Waals surface area contributed by atoms with Crippen LogP contribution in [0.3, 0.4) is 0 Å². The van der Waals surface area contributed by atoms with Crippen molar-refractivity contribution in [3.05, 3.63) is 111 Å². The van der Waals surface area contributed by atoms with Gasteiger partial charge in [0.15, 0.2) is 5.16 Å². The lowest BCUT2D eigenvalue weighted by Crippen LogP contribution is -2.21. The van der Waals surface area contributed by atoms with Gasteiger partial charge >= 0.3 is 0 Å². The molecule has 0 aliphatic heterocycles. The van der Waals surface area contributed by atoms with Crippen LogP contribution >= 0.6 is 23.1 Å². The number of aromatic nitrogens is 2. The number of aryl methyl sites for hydroxylation is 1. The highest BCUT2D eigenvalue weighted by Crippen LogP contribution is 2.37. The fourth-order valence-electron chi connectivity index (χ4n) is 3.89. The second-order valence-corrected chi connectivity index (χ2v) is 9.65. The first-order valence-corrected chi connectivity index (χ1v) is 12.3. The summed E-state index contributed by atoms with van der Waals surface area (Å²) in [5.41, 5.74) is 4.22. The third kappa shape index (κ3) is 3.97. The molecule has 2 heterocycles. The number of rotatable bonds is 5. The number of hydrogen-bond acceptors (Lipinski definition) is 5. The number of para-hydroxylation sites is 1. The van der Waals surface area contributed by atoms with E-state index in [0.717, 1.165) is 32.1 Å². The van der Waals surface area contributed by atoms with Gasteiger partial charge in [-0.1, -0.05) is 78.5 Å². The highest BCUT2D eigenvalue weighted by molar-refractivity contribution is 7.98. The summed E-state index contributed by atoms with van der Waals surface area (Å²) < 4.78 is 1.70. The lowest BCUT2D eigenvalue weighted by atomic mass is 10.0. The van der Waals surface area contributed by atoms with E-state index in [1.807, 2.05) is 91.9 Å². The van der Waals surface area contributed by atoms with Crippen LogP contribution in [0.5, 0.6) is 0 Å². The van der Waals surface area contributed by atoms with Gasteiger partial charge in [-0.25, -0.2) is 4.98 Å². The quantitative estimate of drug-likeness (QED) is 0.217. The van der Waals surface area contributed by atoms with Crippen molar-refractivity contribution in [2.75, 3.05) is 0 Å². The van der Waals surface area contributed by atoms with Crippen molar-refractivity contribution in [1.29, 1.82) is 5.26 Å². The molecule has 0 aliphatic carbocycles. The van der Waals surface area contributed by atoms with E-state index in [9.17, 15) is 10.1 Å². The van der Waals surface area contributed by atoms with Gasteiger partial charge in [-0.2, -0.15) is 5.26 Å². The Labute approximate surface area is 199 Å². The molecule has 6 heteroatoms. The molecule has 0 aliphatic rings. The molecule has 33 heavy (non-hydrogen) atoms. The van der Waals surface area contributed by atoms with Crippen LogP contribution in [-0.4, -0.2) is 9.55 Å². The van der Waals surface area contributed by atoms with E-state index in [4.69, 9.17) is 4.98 Å². The predicted molar refractivity (Wildman–Crippen MR) is 136 cm³/mol. The predicted octanol–water partition coefficient (Wildman–Crippen LogP) is 6.59. The Morgan fingerprint density at radius 1 is 0.970 bits per heavy atom. The van der Waals surface area contributed by atoms with Crippen molar-refractivity contribution in [3.63, 3.8) is 0 Å². The molecule has 3 aromatic carbocycles. The Hall–Kier alpha value is -3.66. The highest BCUT2D eigenvalue weighted by atomic mass is 32.2. The average Bonchev–Trinajstić information content (AvgIpc) is 3.20. The molecule has 0 unspecified atom stereocenters. The number of thiophene rings is 1. The number of nitriles is 1. The van der Waals surface area contributed by atoms with E-state index < -0.39 is 0 Å². The summed E-state index contributed by atoms with van der Waals surface area (Å²) in [7, 11) is 0. The monoisotopic (exact) mass is 465 g/mol. The van der Waals surface area contributed by atoms with Crippen LogP contribution in [0.1, 0.15) is 16.0 Å². The fourth-order valence-corrected chi connectivity index (χ4v) is 6.00. The molecule has 4 nitrogen and oxygen atoms in total. The van der Waals surface area contributed by atoms with Crippen LogP contribution in [0.25, 0.3) is 27.0 Å². The van der Waals surface area contributed by atoms with Gasteiger partial charge in [-0.3, -0.25) is 9.36 Å². The van der Waals surface area contributed by atoms with Gasteiger partial charge in [-0.15, -0.1) is 11.3 Å². The van der Waals surface area contributed by atoms with Crippen molar-refractivity contribution >= 4 is 33.3 Å². The number of benzene rings is 3. The second-order valence-electron chi connectivity index (χ2n) is 7.51. The first-order chi connectivity index (χ1) is 16.2. The number of nitrogens with zero attached hydrogens (tertiary/aromatic N) is 3. The highest BCUT2D eigenvalue weighted by Gasteiger charge is 2.21. The number of hydrogen-bond donors (Lipinski definition) is 0. The number of thioether (sulfide) groups is 1. The number of fused-ring (bicyclic) bond motifs is 1. The van der Waals surface area contributed by atoms with Gasteiger partial charge in [0.1, 0.15) is 4.83 Å². The Kier molecular flexibility index (Phi) is 5.82. The minimum absolute atomic E-state index is 0.0783. The molecule has 2 aromatic heterocycles. The summed E-state index contributed by atoms with van der Waals surface area (Å²) >= 11 is 3.02. The first-order valence-electron chi connectivity index (χ1n) is 10.4. The Morgan fingerprint density at radius 2 is 1.64 bits per heavy atom. The SMILES string of the molecule is Cc1sc2nc(SCc3ccccc3C#N)n(-c3ccccc3)c(=O)c2c1-c1ccccc1. The molecule has 0 N–H and O–H groups in total. The van der Waals surface area contributed by atoms with Crippen LogP contribution in [-0.2, 0) is 5.75 Å². The van der Waals surface area contributed by atoms with Crippen LogP contribution in [0, 0.1) is 18.3 Å². The molecular formula is C27H19N3OS2. The molecular weight excluding hydrogens is 446 g/mol. The topological polar surface area (TPSA) is 58.7 Å². The molecule has 5 aromatic rings. The maximum absolute atomic E-state index is 14.0. The van der Waals surface area contributed by atoms with Gasteiger partial charge in [0, 0.05) is 16.2 Å². The molecule has 160 valence electrons. The van der Waals surface area contributed by atoms with Gasteiger partial charge in [0.25, 0.3) is 5.56 Å². The Balaban J connectivity index is 1.71. The standard InChI is InChI=1S/C27H19N3OS2/c1-18-23(19-10-4-2-5-11-19)24-25(33-18)29-27(30(26(24)31)22-14-6-3-7-15-22)32-17-21-13-9-8-12-20(21)16-28/h2-15H,17H2,1H3. The molecule has 0 amide bonds. The zero-order valence-electron chi connectivity index (χ0n) is 17.9. The molecule has 0 atom stereocenters. The fraction of sp³-hybridized carbons (Fsp3) is 0.0741. The van der Waals surface area contributed by atoms with E-state index in [1.54, 1.807) is 15.9 Å². The van der Waals surface area contributed by atoms with E-state index in [2.05, 4.69) is 6.07 Å². The molecule has 0 bridgehead atoms. The third-order valence-corrected chi connectivity index (χ3v) is 7.43. The van der Waals surface area contributed by atoms with Crippen molar-refractivity contribution in [1.82, 2.24) is 9.55 Å². The maximum Gasteiger partial charge on any atom is 0.268 e. The molecule has 0 spiro atoms. The minimum Gasteiger partial charge on any atom is -0.268 e. The first kappa shape index (κ1) is 21.2. The van der Waals surface area contributed by atoms with Gasteiger partial charge in [0.05, 0.1) is 22.7 Å². The normalized spacial score (nSPS) is 10.9. The van der Waals surface area contributed by atoms with Crippen molar-refractivity contribution < 1.29 is 0 Å². The third-order valence-electron chi connectivity index (χ3n) is 5.44. The summed E-state index contributed by atoms with van der Waals surface area (Å²) in [4.78, 5) is 20.7. The molecule has 0 radical (unpaired) electrons. The van der Waals surface area contributed by atoms with Crippen molar-refractivity contribution in [2.45, 2.75) is 17.8 Å². The summed E-state index contributed by atoms with van der Waals surface area (Å²) in [5, 5.41) is 10.7. The summed E-state index contributed by atoms with van der Waals surface area (Å²) in [5.74, 6) is 0.546. The lowest BCUT2D eigenvalue weighted by molar-refractivity contribution is 0.822. The van der Waals surface area contributed by atoms with Crippen LogP contribution in [0.2, 0.25) is 0 Å². The summed E-state index contributed by atoms with van der Waals surface area (Å²) in [6.45, 7) is 2.04. The average molecular weight is 466 g/mol. The zero-order chi connectivity index (χ0) is 22.8. The van der Waals surface area contributed by atoms with E-state index >= 15 is 0 Å². The van der Waals surface area contributed by atoms with Crippen molar-refractivity contribution in [3.8, 4) is 22.9 Å². The summed E-state index contributed by atoms with van der Waals surface area (Å²) in [6.07, 6.45) is 0. The minimum atomic E-state index is -0.0783. The van der Waals surface area contributed by atoms with Crippen LogP contribution < -0.4 is 5.56 Å². The molecule has 5 rings (SSSR count). The molecule has 0 saturated heterocycles. The zero-order valence-corrected chi connectivity index (χ0v) is 19.5. The molecule has 0 fully saturated rings. The van der Waals surface area contributed by atoms with E-state index in [1.165, 1.54) is 11.8 Å². The van der Waals surface area contributed by atoms with E-state index in [-0.39, 0.29) is 5.56 Å². The Morgan fingerprint density at radius 3 is 2.36 bits per heavy atom. The molecule has 0 saturated carbocycles. The largest absolute Gasteiger partial charge is 0.268 e. The van der Waals surface area contributed by atoms with Crippen LogP contribution in [0.15, 0.2) is 94.9 Å². The van der Waals surface area contributed by atoms with E-state index in [0.29, 0.717) is 21.9 Å². The van der Waals surface area contributed by atoms with Gasteiger partial charge < -0.3 is 0 Å². The Bertz CT molecular complexity index is 1550. The maximum atomic E-state index is 14.0. The van der Waals surface area contributed by atoms with Crippen LogP contribution in [0.4, 0.5) is 0 Å². The van der Waals surface area contributed by atoms with Gasteiger partial charge in [-0.05, 0) is 36.2 Å². The smallest absolute Gasteiger partial charge is 0.268 e.